The highest BCUT2D eigenvalue weighted by Gasteiger charge is 2.22. The molecule has 6 nitrogen and oxygen atoms in total. The Morgan fingerprint density at radius 2 is 1.85 bits per heavy atom. The van der Waals surface area contributed by atoms with Crippen molar-refractivity contribution in [2.45, 2.75) is 11.8 Å². The Kier molecular flexibility index (Phi) is 5.52. The summed E-state index contributed by atoms with van der Waals surface area (Å²) in [6.07, 6.45) is 0. The molecule has 0 saturated carbocycles. The van der Waals surface area contributed by atoms with Gasteiger partial charge in [-0.25, -0.2) is 17.2 Å². The Morgan fingerprint density at radius 3 is 2.52 bits per heavy atom. The molecule has 1 heterocycles. The molecule has 2 aromatic rings. The molecule has 2 aromatic carbocycles. The van der Waals surface area contributed by atoms with Crippen molar-refractivity contribution in [3.63, 3.8) is 0 Å². The Balaban J connectivity index is 1.94. The van der Waals surface area contributed by atoms with Gasteiger partial charge in [-0.15, -0.1) is 0 Å². The highest BCUT2D eigenvalue weighted by atomic mass is 32.2. The van der Waals surface area contributed by atoms with Crippen molar-refractivity contribution in [3.05, 3.63) is 47.5 Å². The van der Waals surface area contributed by atoms with Gasteiger partial charge < -0.3 is 15.0 Å². The van der Waals surface area contributed by atoms with Gasteiger partial charge in [-0.2, -0.15) is 0 Å². The van der Waals surface area contributed by atoms with Crippen molar-refractivity contribution >= 4 is 21.4 Å². The molecule has 0 spiro atoms. The highest BCUT2D eigenvalue weighted by Crippen LogP contribution is 2.30. The zero-order chi connectivity index (χ0) is 19.6. The number of piperazine rings is 1. The maximum Gasteiger partial charge on any atom is 0.262 e. The number of ether oxygens (including phenoxy) is 1. The third-order valence-corrected chi connectivity index (χ3v) is 5.81. The van der Waals surface area contributed by atoms with Gasteiger partial charge in [0.15, 0.2) is 17.4 Å². The van der Waals surface area contributed by atoms with Crippen LogP contribution in [0.1, 0.15) is 5.56 Å². The molecule has 1 fully saturated rings. The average molecular weight is 397 g/mol. The molecule has 2 N–H and O–H groups in total. The van der Waals surface area contributed by atoms with Crippen LogP contribution in [0.15, 0.2) is 35.2 Å². The van der Waals surface area contributed by atoms with E-state index in [9.17, 15) is 17.2 Å². The number of halogens is 2. The lowest BCUT2D eigenvalue weighted by Crippen LogP contribution is -2.43. The van der Waals surface area contributed by atoms with Crippen molar-refractivity contribution in [2.24, 2.45) is 0 Å². The van der Waals surface area contributed by atoms with Crippen LogP contribution in [0.4, 0.5) is 20.2 Å². The van der Waals surface area contributed by atoms with Gasteiger partial charge in [-0.05, 0) is 36.8 Å². The van der Waals surface area contributed by atoms with Crippen molar-refractivity contribution in [2.75, 3.05) is 42.9 Å². The monoisotopic (exact) mass is 397 g/mol. The second-order valence-corrected chi connectivity index (χ2v) is 7.92. The number of aryl methyl sites for hydroxylation is 1. The number of nitrogens with one attached hydrogen (secondary N) is 2. The first-order valence-corrected chi connectivity index (χ1v) is 9.93. The number of hydrogen-bond acceptors (Lipinski definition) is 5. The quantitative estimate of drug-likeness (QED) is 0.811. The lowest BCUT2D eigenvalue weighted by molar-refractivity contribution is 0.361. The van der Waals surface area contributed by atoms with Crippen molar-refractivity contribution in [1.29, 1.82) is 0 Å². The number of sulfonamides is 1. The van der Waals surface area contributed by atoms with Crippen LogP contribution in [-0.4, -0.2) is 41.7 Å². The molecular weight excluding hydrogens is 376 g/mol. The smallest absolute Gasteiger partial charge is 0.262 e. The minimum absolute atomic E-state index is 0.00400. The van der Waals surface area contributed by atoms with E-state index in [-0.39, 0.29) is 10.6 Å². The van der Waals surface area contributed by atoms with Crippen LogP contribution in [0.3, 0.4) is 0 Å². The Morgan fingerprint density at radius 1 is 1.15 bits per heavy atom. The predicted molar refractivity (Wildman–Crippen MR) is 100.0 cm³/mol. The van der Waals surface area contributed by atoms with Gasteiger partial charge in [0.25, 0.3) is 10.0 Å². The zero-order valence-electron chi connectivity index (χ0n) is 15.1. The maximum atomic E-state index is 14.3. The predicted octanol–water partition coefficient (Wildman–Crippen LogP) is 2.49. The first-order chi connectivity index (χ1) is 12.8. The molecule has 1 saturated heterocycles. The molecule has 0 unspecified atom stereocenters. The van der Waals surface area contributed by atoms with Crippen LogP contribution in [-0.2, 0) is 10.0 Å². The second-order valence-electron chi connectivity index (χ2n) is 6.23. The molecular formula is C18H21F2N3O3S. The topological polar surface area (TPSA) is 70.7 Å². The summed E-state index contributed by atoms with van der Waals surface area (Å²) >= 11 is 0. The van der Waals surface area contributed by atoms with E-state index in [0.29, 0.717) is 0 Å². The number of hydrogen-bond donors (Lipinski definition) is 2. The fourth-order valence-electron chi connectivity index (χ4n) is 3.00. The lowest BCUT2D eigenvalue weighted by atomic mass is 10.1. The summed E-state index contributed by atoms with van der Waals surface area (Å²) in [5, 5.41) is 3.25. The molecule has 0 amide bonds. The minimum atomic E-state index is -4.06. The summed E-state index contributed by atoms with van der Waals surface area (Å²) in [5.41, 5.74) is 1.39. The molecule has 1 aliphatic rings. The van der Waals surface area contributed by atoms with Gasteiger partial charge in [-0.3, -0.25) is 4.72 Å². The van der Waals surface area contributed by atoms with Crippen molar-refractivity contribution in [1.82, 2.24) is 5.32 Å². The third-order valence-electron chi connectivity index (χ3n) is 4.45. The summed E-state index contributed by atoms with van der Waals surface area (Å²) < 4.78 is 60.2. The summed E-state index contributed by atoms with van der Waals surface area (Å²) in [6.45, 7) is 5.07. The SMILES string of the molecule is COc1c(F)ccc(NS(=O)(=O)c2ccc(C)c(N3CCNCC3)c2)c1F. The first kappa shape index (κ1) is 19.4. The molecule has 0 radical (unpaired) electrons. The van der Waals surface area contributed by atoms with Gasteiger partial charge >= 0.3 is 0 Å². The maximum absolute atomic E-state index is 14.3. The van der Waals surface area contributed by atoms with Crippen molar-refractivity contribution in [3.8, 4) is 5.75 Å². The lowest BCUT2D eigenvalue weighted by Gasteiger charge is -2.31. The number of nitrogens with zero attached hydrogens (tertiary/aromatic N) is 1. The molecule has 146 valence electrons. The van der Waals surface area contributed by atoms with E-state index < -0.39 is 27.4 Å². The fraction of sp³-hybridized carbons (Fsp3) is 0.333. The van der Waals surface area contributed by atoms with Crippen LogP contribution < -0.4 is 19.7 Å². The number of anilines is 2. The molecule has 27 heavy (non-hydrogen) atoms. The van der Waals surface area contributed by atoms with E-state index in [1.807, 2.05) is 6.92 Å². The molecule has 0 aromatic heterocycles. The highest BCUT2D eigenvalue weighted by molar-refractivity contribution is 7.92. The van der Waals surface area contributed by atoms with E-state index in [1.165, 1.54) is 6.07 Å². The van der Waals surface area contributed by atoms with Crippen LogP contribution in [0.2, 0.25) is 0 Å². The van der Waals surface area contributed by atoms with Crippen LogP contribution in [0, 0.1) is 18.6 Å². The Bertz CT molecular complexity index is 945. The summed E-state index contributed by atoms with van der Waals surface area (Å²) in [4.78, 5) is 2.11. The number of rotatable bonds is 5. The molecule has 3 rings (SSSR count). The van der Waals surface area contributed by atoms with E-state index in [4.69, 9.17) is 0 Å². The minimum Gasteiger partial charge on any atom is -0.491 e. The van der Waals surface area contributed by atoms with Gasteiger partial charge in [0.2, 0.25) is 0 Å². The second kappa shape index (κ2) is 7.69. The standard InChI is InChI=1S/C18H21F2N3O3S/c1-12-3-4-13(11-16(12)23-9-7-21-8-10-23)27(24,25)22-15-6-5-14(19)18(26-2)17(15)20/h3-6,11,21-22H,7-10H2,1-2H3. The molecule has 0 atom stereocenters. The van der Waals surface area contributed by atoms with E-state index >= 15 is 0 Å². The normalized spacial score (nSPS) is 14.9. The van der Waals surface area contributed by atoms with E-state index in [2.05, 4.69) is 19.7 Å². The molecule has 9 heteroatoms. The number of benzene rings is 2. The van der Waals surface area contributed by atoms with Crippen LogP contribution in [0.5, 0.6) is 5.75 Å². The Labute approximate surface area is 157 Å². The summed E-state index contributed by atoms with van der Waals surface area (Å²) in [7, 11) is -2.95. The first-order valence-electron chi connectivity index (χ1n) is 8.44. The number of methoxy groups -OCH3 is 1. The fourth-order valence-corrected chi connectivity index (χ4v) is 4.08. The van der Waals surface area contributed by atoms with Crippen LogP contribution >= 0.6 is 0 Å². The van der Waals surface area contributed by atoms with Crippen LogP contribution in [0.25, 0.3) is 0 Å². The van der Waals surface area contributed by atoms with Gasteiger partial charge in [0.05, 0.1) is 17.7 Å². The van der Waals surface area contributed by atoms with E-state index in [0.717, 1.165) is 56.7 Å². The van der Waals surface area contributed by atoms with Gasteiger partial charge in [0, 0.05) is 31.9 Å². The zero-order valence-corrected chi connectivity index (χ0v) is 15.9. The largest absolute Gasteiger partial charge is 0.491 e. The average Bonchev–Trinajstić information content (AvgIpc) is 2.65. The van der Waals surface area contributed by atoms with Gasteiger partial charge in [0.1, 0.15) is 0 Å². The van der Waals surface area contributed by atoms with Gasteiger partial charge in [-0.1, -0.05) is 6.07 Å². The summed E-state index contributed by atoms with van der Waals surface area (Å²) in [5.74, 6) is -2.65. The van der Waals surface area contributed by atoms with E-state index in [1.54, 1.807) is 12.1 Å². The molecule has 0 bridgehead atoms. The molecule has 0 aliphatic carbocycles. The third kappa shape index (κ3) is 3.98. The summed E-state index contributed by atoms with van der Waals surface area (Å²) in [6, 6.07) is 6.72. The molecule has 1 aliphatic heterocycles. The Hall–Kier alpha value is -2.39. The van der Waals surface area contributed by atoms with Crippen molar-refractivity contribution < 1.29 is 21.9 Å².